The molecule has 0 N–H and O–H groups in total. The lowest BCUT2D eigenvalue weighted by Gasteiger charge is -2.06. The van der Waals surface area contributed by atoms with E-state index in [2.05, 4.69) is 22.1 Å². The molecule has 0 atom stereocenters. The molecule has 2 aromatic rings. The van der Waals surface area contributed by atoms with Gasteiger partial charge in [0.05, 0.1) is 0 Å². The zero-order valence-electron chi connectivity index (χ0n) is 9.19. The molecule has 1 aliphatic carbocycles. The minimum absolute atomic E-state index is 0.198. The number of benzene rings is 1. The number of hydrogen-bond acceptors (Lipinski definition) is 3. The van der Waals surface area contributed by atoms with Crippen LogP contribution in [0, 0.1) is 0 Å². The molecule has 17 heavy (non-hydrogen) atoms. The Morgan fingerprint density at radius 1 is 1.12 bits per heavy atom. The highest BCUT2D eigenvalue weighted by Crippen LogP contribution is 2.28. The maximum absolute atomic E-state index is 5.70. The molecule has 0 spiro atoms. The maximum atomic E-state index is 5.70. The summed E-state index contributed by atoms with van der Waals surface area (Å²) in [6, 6.07) is 7.87. The fourth-order valence-corrected chi connectivity index (χ4v) is 2.25. The molecule has 1 aromatic heterocycles. The van der Waals surface area contributed by atoms with Gasteiger partial charge < -0.3 is 4.74 Å². The highest BCUT2D eigenvalue weighted by atomic mass is 35.5. The van der Waals surface area contributed by atoms with Gasteiger partial charge in [-0.2, -0.15) is 4.98 Å². The molecule has 0 radical (unpaired) electrons. The first-order valence-corrected chi connectivity index (χ1v) is 5.97. The lowest BCUT2D eigenvalue weighted by Crippen LogP contribution is -1.91. The van der Waals surface area contributed by atoms with Crippen LogP contribution in [0.2, 0.25) is 5.28 Å². The number of halogens is 1. The topological polar surface area (TPSA) is 35.0 Å². The lowest BCUT2D eigenvalue weighted by atomic mass is 10.1. The van der Waals surface area contributed by atoms with Crippen LogP contribution in [0.4, 0.5) is 0 Å². The van der Waals surface area contributed by atoms with Crippen molar-refractivity contribution in [2.24, 2.45) is 0 Å². The molecule has 0 aliphatic heterocycles. The van der Waals surface area contributed by atoms with Crippen LogP contribution >= 0.6 is 11.6 Å². The fraction of sp³-hybridized carbons (Fsp3) is 0.231. The van der Waals surface area contributed by atoms with E-state index in [4.69, 9.17) is 16.3 Å². The summed E-state index contributed by atoms with van der Waals surface area (Å²) in [6.07, 6.45) is 5.13. The number of aromatic nitrogens is 2. The van der Waals surface area contributed by atoms with Crippen molar-refractivity contribution in [3.05, 3.63) is 46.9 Å². The van der Waals surface area contributed by atoms with Crippen LogP contribution in [0.5, 0.6) is 11.6 Å². The van der Waals surface area contributed by atoms with Crippen molar-refractivity contribution >= 4 is 11.6 Å². The maximum Gasteiger partial charge on any atom is 0.225 e. The van der Waals surface area contributed by atoms with Crippen molar-refractivity contribution in [1.29, 1.82) is 0 Å². The molecule has 1 aliphatic rings. The van der Waals surface area contributed by atoms with Gasteiger partial charge >= 0.3 is 0 Å². The molecule has 3 nitrogen and oxygen atoms in total. The van der Waals surface area contributed by atoms with Gasteiger partial charge in [-0.1, -0.05) is 6.07 Å². The molecule has 1 heterocycles. The number of nitrogens with zero attached hydrogens (tertiary/aromatic N) is 2. The van der Waals surface area contributed by atoms with Crippen LogP contribution in [-0.4, -0.2) is 9.97 Å². The third-order valence-electron chi connectivity index (χ3n) is 2.89. The Balaban J connectivity index is 1.86. The van der Waals surface area contributed by atoms with Gasteiger partial charge in [0, 0.05) is 12.3 Å². The van der Waals surface area contributed by atoms with E-state index >= 15 is 0 Å². The van der Waals surface area contributed by atoms with Crippen molar-refractivity contribution in [2.45, 2.75) is 19.3 Å². The van der Waals surface area contributed by atoms with Gasteiger partial charge in [-0.15, -0.1) is 0 Å². The molecule has 1 aromatic carbocycles. The zero-order chi connectivity index (χ0) is 11.7. The number of ether oxygens (including phenoxy) is 1. The summed E-state index contributed by atoms with van der Waals surface area (Å²) >= 11 is 5.70. The Labute approximate surface area is 104 Å². The second kappa shape index (κ2) is 4.34. The summed E-state index contributed by atoms with van der Waals surface area (Å²) < 4.78 is 5.65. The summed E-state index contributed by atoms with van der Waals surface area (Å²) in [6.45, 7) is 0. The summed E-state index contributed by atoms with van der Waals surface area (Å²) in [5, 5.41) is 0.198. The van der Waals surface area contributed by atoms with Gasteiger partial charge in [0.1, 0.15) is 5.75 Å². The second-order valence-electron chi connectivity index (χ2n) is 4.05. The van der Waals surface area contributed by atoms with Crippen molar-refractivity contribution < 1.29 is 4.74 Å². The van der Waals surface area contributed by atoms with Gasteiger partial charge in [-0.05, 0) is 54.1 Å². The van der Waals surface area contributed by atoms with Gasteiger partial charge in [-0.25, -0.2) is 4.98 Å². The summed E-state index contributed by atoms with van der Waals surface area (Å²) in [5.41, 5.74) is 2.81. The number of hydrogen-bond donors (Lipinski definition) is 0. The Morgan fingerprint density at radius 2 is 2.00 bits per heavy atom. The van der Waals surface area contributed by atoms with Gasteiger partial charge in [0.25, 0.3) is 0 Å². The number of fused-ring (bicyclic) bond motifs is 1. The first kappa shape index (κ1) is 10.5. The Bertz CT molecular complexity index is 557. The molecule has 3 rings (SSSR count). The molecule has 86 valence electrons. The van der Waals surface area contributed by atoms with E-state index in [0.29, 0.717) is 5.88 Å². The summed E-state index contributed by atoms with van der Waals surface area (Å²) in [5.74, 6) is 1.28. The van der Waals surface area contributed by atoms with E-state index < -0.39 is 0 Å². The average Bonchev–Trinajstić information content (AvgIpc) is 2.76. The quantitative estimate of drug-likeness (QED) is 0.762. The average molecular weight is 247 g/mol. The third-order valence-corrected chi connectivity index (χ3v) is 3.08. The summed E-state index contributed by atoms with van der Waals surface area (Å²) in [7, 11) is 0. The number of aryl methyl sites for hydroxylation is 2. The third kappa shape index (κ3) is 2.24. The second-order valence-corrected chi connectivity index (χ2v) is 4.39. The zero-order valence-corrected chi connectivity index (χ0v) is 9.94. The standard InChI is InChI=1S/C13H11ClN2O/c14-13-15-7-6-12(16-13)17-11-5-4-9-2-1-3-10(9)8-11/h4-8H,1-3H2. The van der Waals surface area contributed by atoms with Crippen LogP contribution in [0.25, 0.3) is 0 Å². The summed E-state index contributed by atoms with van der Waals surface area (Å²) in [4.78, 5) is 7.81. The predicted octanol–water partition coefficient (Wildman–Crippen LogP) is 3.41. The molecular weight excluding hydrogens is 236 g/mol. The minimum Gasteiger partial charge on any atom is -0.439 e. The van der Waals surface area contributed by atoms with Crippen LogP contribution in [0.1, 0.15) is 17.5 Å². The largest absolute Gasteiger partial charge is 0.439 e. The van der Waals surface area contributed by atoms with Crippen LogP contribution < -0.4 is 4.74 Å². The van der Waals surface area contributed by atoms with Crippen LogP contribution in [-0.2, 0) is 12.8 Å². The van der Waals surface area contributed by atoms with Crippen molar-refractivity contribution in [3.8, 4) is 11.6 Å². The van der Waals surface area contributed by atoms with E-state index in [9.17, 15) is 0 Å². The van der Waals surface area contributed by atoms with Crippen LogP contribution in [0.15, 0.2) is 30.5 Å². The molecule has 4 heteroatoms. The Hall–Kier alpha value is -1.61. The normalized spacial score (nSPS) is 13.5. The number of rotatable bonds is 2. The van der Waals surface area contributed by atoms with Crippen molar-refractivity contribution in [3.63, 3.8) is 0 Å². The smallest absolute Gasteiger partial charge is 0.225 e. The fourth-order valence-electron chi connectivity index (χ4n) is 2.11. The molecule has 0 bridgehead atoms. The van der Waals surface area contributed by atoms with Crippen molar-refractivity contribution in [1.82, 2.24) is 9.97 Å². The Morgan fingerprint density at radius 3 is 2.88 bits per heavy atom. The van der Waals surface area contributed by atoms with E-state index in [1.807, 2.05) is 6.07 Å². The van der Waals surface area contributed by atoms with Gasteiger partial charge in [-0.3, -0.25) is 0 Å². The molecule has 0 saturated heterocycles. The molecule has 0 unspecified atom stereocenters. The SMILES string of the molecule is Clc1nccc(Oc2ccc3c(c2)CCC3)n1. The van der Waals surface area contributed by atoms with E-state index in [0.717, 1.165) is 12.2 Å². The van der Waals surface area contributed by atoms with Crippen LogP contribution in [0.3, 0.4) is 0 Å². The van der Waals surface area contributed by atoms with Crippen molar-refractivity contribution in [2.75, 3.05) is 0 Å². The van der Waals surface area contributed by atoms with E-state index in [1.165, 1.54) is 24.0 Å². The monoisotopic (exact) mass is 246 g/mol. The first-order valence-electron chi connectivity index (χ1n) is 5.59. The highest BCUT2D eigenvalue weighted by molar-refractivity contribution is 6.28. The first-order chi connectivity index (χ1) is 8.31. The molecule has 0 saturated carbocycles. The predicted molar refractivity (Wildman–Crippen MR) is 65.6 cm³/mol. The highest BCUT2D eigenvalue weighted by Gasteiger charge is 2.11. The lowest BCUT2D eigenvalue weighted by molar-refractivity contribution is 0.461. The van der Waals surface area contributed by atoms with Gasteiger partial charge in [0.2, 0.25) is 11.2 Å². The molecule has 0 amide bonds. The minimum atomic E-state index is 0.198. The van der Waals surface area contributed by atoms with E-state index in [1.54, 1.807) is 12.3 Å². The van der Waals surface area contributed by atoms with Gasteiger partial charge in [0.15, 0.2) is 0 Å². The molecular formula is C13H11ClN2O. The Kier molecular flexibility index (Phi) is 2.69. The molecule has 0 fully saturated rings. The van der Waals surface area contributed by atoms with E-state index in [-0.39, 0.29) is 5.28 Å².